The number of Topliss-reactive ketones (excluding diaryl/α,β-unsaturated/α-hetero) is 1. The molecule has 0 bridgehead atoms. The number of carbonyl (C=O) groups excluding carboxylic acids is 2. The minimum atomic E-state index is -4.62. The molecule has 156 valence electrons. The van der Waals surface area contributed by atoms with Crippen molar-refractivity contribution >= 4 is 23.1 Å². The number of amides is 1. The Morgan fingerprint density at radius 3 is 2.06 bits per heavy atom. The molecule has 0 saturated carbocycles. The standard InChI is InChI=1S/C24H16F3NO3/c25-24(26,27)17-12-7-13-18(14-17)28-20(15-8-3-1-4-9-15)19(22(30)23(28)31)21(29)16-10-5-2-6-11-16/h1-14,20,29H. The molecule has 4 nitrogen and oxygen atoms in total. The molecular weight excluding hydrogens is 407 g/mol. The summed E-state index contributed by atoms with van der Waals surface area (Å²) in [5.41, 5.74) is -0.401. The first-order valence-corrected chi connectivity index (χ1v) is 9.37. The summed E-state index contributed by atoms with van der Waals surface area (Å²) in [6, 6.07) is 19.8. The molecule has 1 aliphatic rings. The van der Waals surface area contributed by atoms with Crippen LogP contribution in [0.3, 0.4) is 0 Å². The smallest absolute Gasteiger partial charge is 0.416 e. The minimum Gasteiger partial charge on any atom is -0.507 e. The molecule has 1 heterocycles. The van der Waals surface area contributed by atoms with E-state index in [2.05, 4.69) is 0 Å². The molecule has 7 heteroatoms. The largest absolute Gasteiger partial charge is 0.507 e. The van der Waals surface area contributed by atoms with Gasteiger partial charge in [0, 0.05) is 11.3 Å². The summed E-state index contributed by atoms with van der Waals surface area (Å²) in [4.78, 5) is 26.9. The maximum absolute atomic E-state index is 13.3. The van der Waals surface area contributed by atoms with Gasteiger partial charge in [-0.2, -0.15) is 13.2 Å². The Morgan fingerprint density at radius 1 is 0.839 bits per heavy atom. The van der Waals surface area contributed by atoms with E-state index in [4.69, 9.17) is 0 Å². The van der Waals surface area contributed by atoms with Crippen molar-refractivity contribution in [2.75, 3.05) is 4.90 Å². The van der Waals surface area contributed by atoms with Gasteiger partial charge in [-0.3, -0.25) is 14.5 Å². The van der Waals surface area contributed by atoms with E-state index in [1.165, 1.54) is 12.1 Å². The van der Waals surface area contributed by atoms with Crippen molar-refractivity contribution in [3.8, 4) is 0 Å². The number of nitrogens with zero attached hydrogens (tertiary/aromatic N) is 1. The van der Waals surface area contributed by atoms with Gasteiger partial charge in [0.2, 0.25) is 0 Å². The van der Waals surface area contributed by atoms with Gasteiger partial charge < -0.3 is 5.11 Å². The number of anilines is 1. The van der Waals surface area contributed by atoms with Crippen molar-refractivity contribution in [1.29, 1.82) is 0 Å². The zero-order valence-electron chi connectivity index (χ0n) is 16.0. The number of carbonyl (C=O) groups is 2. The Hall–Kier alpha value is -3.87. The molecule has 1 N–H and O–H groups in total. The monoisotopic (exact) mass is 423 g/mol. The summed E-state index contributed by atoms with van der Waals surface area (Å²) < 4.78 is 39.8. The van der Waals surface area contributed by atoms with Crippen molar-refractivity contribution < 1.29 is 27.9 Å². The SMILES string of the molecule is O=C1C(=O)N(c2cccc(C(F)(F)F)c2)C(c2ccccc2)C1=C(O)c1ccccc1. The molecule has 1 amide bonds. The van der Waals surface area contributed by atoms with Gasteiger partial charge in [0.05, 0.1) is 17.2 Å². The Labute approximate surface area is 175 Å². The summed E-state index contributed by atoms with van der Waals surface area (Å²) in [5.74, 6) is -2.36. The molecule has 1 saturated heterocycles. The number of ketones is 1. The summed E-state index contributed by atoms with van der Waals surface area (Å²) in [5, 5.41) is 10.9. The summed E-state index contributed by atoms with van der Waals surface area (Å²) in [6.45, 7) is 0. The van der Waals surface area contributed by atoms with Gasteiger partial charge in [-0.25, -0.2) is 0 Å². The highest BCUT2D eigenvalue weighted by atomic mass is 19.4. The van der Waals surface area contributed by atoms with Crippen LogP contribution in [-0.2, 0) is 15.8 Å². The van der Waals surface area contributed by atoms with Crippen LogP contribution in [0.4, 0.5) is 18.9 Å². The summed E-state index contributed by atoms with van der Waals surface area (Å²) in [7, 11) is 0. The van der Waals surface area contributed by atoms with E-state index in [0.29, 0.717) is 11.1 Å². The third-order valence-electron chi connectivity index (χ3n) is 5.06. The molecule has 31 heavy (non-hydrogen) atoms. The minimum absolute atomic E-state index is 0.0853. The van der Waals surface area contributed by atoms with Crippen LogP contribution in [0.5, 0.6) is 0 Å². The van der Waals surface area contributed by atoms with Crippen LogP contribution < -0.4 is 4.90 Å². The fraction of sp³-hybridized carbons (Fsp3) is 0.0833. The predicted molar refractivity (Wildman–Crippen MR) is 109 cm³/mol. The number of benzene rings is 3. The second-order valence-corrected chi connectivity index (χ2v) is 6.99. The fourth-order valence-corrected chi connectivity index (χ4v) is 3.63. The van der Waals surface area contributed by atoms with Crippen molar-refractivity contribution in [3.05, 3.63) is 107 Å². The maximum Gasteiger partial charge on any atom is 0.416 e. The van der Waals surface area contributed by atoms with Gasteiger partial charge in [-0.1, -0.05) is 66.7 Å². The molecule has 0 aromatic heterocycles. The number of aliphatic hydroxyl groups excluding tert-OH is 1. The van der Waals surface area contributed by atoms with Crippen LogP contribution in [0.25, 0.3) is 5.76 Å². The summed E-state index contributed by atoms with van der Waals surface area (Å²) in [6.07, 6.45) is -4.62. The first-order chi connectivity index (χ1) is 14.8. The number of alkyl halides is 3. The van der Waals surface area contributed by atoms with Gasteiger partial charge in [0.1, 0.15) is 5.76 Å². The zero-order chi connectivity index (χ0) is 22.2. The first-order valence-electron chi connectivity index (χ1n) is 9.37. The lowest BCUT2D eigenvalue weighted by Gasteiger charge is -2.26. The quantitative estimate of drug-likeness (QED) is 0.352. The molecule has 3 aromatic rings. The molecular formula is C24H16F3NO3. The number of hydrogen-bond acceptors (Lipinski definition) is 3. The van der Waals surface area contributed by atoms with Crippen LogP contribution in [0.15, 0.2) is 90.5 Å². The second kappa shape index (κ2) is 7.75. The van der Waals surface area contributed by atoms with Gasteiger partial charge in [-0.05, 0) is 23.8 Å². The number of aliphatic hydroxyl groups is 1. The van der Waals surface area contributed by atoms with Crippen molar-refractivity contribution in [1.82, 2.24) is 0 Å². The number of rotatable bonds is 3. The normalized spacial score (nSPS) is 18.4. The molecule has 1 atom stereocenters. The Kier molecular flexibility index (Phi) is 5.10. The first kappa shape index (κ1) is 20.4. The van der Waals surface area contributed by atoms with E-state index < -0.39 is 29.5 Å². The molecule has 1 aliphatic heterocycles. The molecule has 0 radical (unpaired) electrons. The average molecular weight is 423 g/mol. The van der Waals surface area contributed by atoms with Crippen LogP contribution >= 0.6 is 0 Å². The van der Waals surface area contributed by atoms with Crippen LogP contribution in [0.1, 0.15) is 22.7 Å². The number of halogens is 3. The van der Waals surface area contributed by atoms with Gasteiger partial charge in [0.15, 0.2) is 0 Å². The molecule has 0 spiro atoms. The Bertz CT molecular complexity index is 1170. The van der Waals surface area contributed by atoms with Crippen molar-refractivity contribution in [2.45, 2.75) is 12.2 Å². The third-order valence-corrected chi connectivity index (χ3v) is 5.06. The van der Waals surface area contributed by atoms with E-state index in [1.807, 2.05) is 0 Å². The lowest BCUT2D eigenvalue weighted by Crippen LogP contribution is -2.29. The topological polar surface area (TPSA) is 57.6 Å². The molecule has 3 aromatic carbocycles. The fourth-order valence-electron chi connectivity index (χ4n) is 3.63. The van der Waals surface area contributed by atoms with Gasteiger partial charge >= 0.3 is 6.18 Å². The molecule has 1 unspecified atom stereocenters. The molecule has 1 fully saturated rings. The Morgan fingerprint density at radius 2 is 1.45 bits per heavy atom. The third kappa shape index (κ3) is 3.70. The number of hydrogen-bond donors (Lipinski definition) is 1. The van der Waals surface area contributed by atoms with E-state index >= 15 is 0 Å². The van der Waals surface area contributed by atoms with Gasteiger partial charge in [-0.15, -0.1) is 0 Å². The molecule has 0 aliphatic carbocycles. The van der Waals surface area contributed by atoms with Crippen molar-refractivity contribution in [2.24, 2.45) is 0 Å². The van der Waals surface area contributed by atoms with Crippen LogP contribution in [0, 0.1) is 0 Å². The summed E-state index contributed by atoms with van der Waals surface area (Å²) >= 11 is 0. The van der Waals surface area contributed by atoms with Crippen LogP contribution in [-0.4, -0.2) is 16.8 Å². The molecule has 4 rings (SSSR count). The van der Waals surface area contributed by atoms with E-state index in [1.54, 1.807) is 60.7 Å². The van der Waals surface area contributed by atoms with E-state index in [0.717, 1.165) is 17.0 Å². The highest BCUT2D eigenvalue weighted by molar-refractivity contribution is 6.51. The average Bonchev–Trinajstić information content (AvgIpc) is 3.04. The van der Waals surface area contributed by atoms with Gasteiger partial charge in [0.25, 0.3) is 11.7 Å². The Balaban J connectivity index is 1.94. The predicted octanol–water partition coefficient (Wildman–Crippen LogP) is 5.33. The van der Waals surface area contributed by atoms with E-state index in [9.17, 15) is 27.9 Å². The lowest BCUT2D eigenvalue weighted by atomic mass is 9.95. The maximum atomic E-state index is 13.3. The van der Waals surface area contributed by atoms with Crippen molar-refractivity contribution in [3.63, 3.8) is 0 Å². The second-order valence-electron chi connectivity index (χ2n) is 6.99. The zero-order valence-corrected chi connectivity index (χ0v) is 16.0. The van der Waals surface area contributed by atoms with E-state index in [-0.39, 0.29) is 17.0 Å². The highest BCUT2D eigenvalue weighted by Crippen LogP contribution is 2.43. The van der Waals surface area contributed by atoms with Crippen LogP contribution in [0.2, 0.25) is 0 Å². The highest BCUT2D eigenvalue weighted by Gasteiger charge is 2.47. The lowest BCUT2D eigenvalue weighted by molar-refractivity contribution is -0.137.